The number of ether oxygens (including phenoxy) is 2. The van der Waals surface area contributed by atoms with Gasteiger partial charge < -0.3 is 29.7 Å². The van der Waals surface area contributed by atoms with Crippen molar-refractivity contribution in [3.8, 4) is 0 Å². The Morgan fingerprint density at radius 2 is 1.70 bits per heavy atom. The Morgan fingerprint density at radius 1 is 0.979 bits per heavy atom. The molecule has 0 aromatic carbocycles. The molecule has 250 valence electrons. The van der Waals surface area contributed by atoms with Crippen LogP contribution in [-0.2, 0) is 36.7 Å². The molecule has 0 amide bonds. The van der Waals surface area contributed by atoms with Crippen LogP contribution < -0.4 is 5.73 Å². The lowest BCUT2D eigenvalue weighted by Gasteiger charge is -2.24. The monoisotopic (exact) mass is 695 g/mol. The molecule has 9 atom stereocenters. The predicted molar refractivity (Wildman–Crippen MR) is 155 cm³/mol. The first-order valence-electron chi connectivity index (χ1n) is 13.8. The number of fused-ring (bicyclic) bond motifs is 4. The van der Waals surface area contributed by atoms with Gasteiger partial charge >= 0.3 is 15.6 Å². The van der Waals surface area contributed by atoms with Crippen LogP contribution in [0.1, 0.15) is 19.4 Å². The molecule has 0 spiro atoms. The molecular formula is C23H27N11O11P2. The lowest BCUT2D eigenvalue weighted by atomic mass is 10.1. The van der Waals surface area contributed by atoms with Crippen molar-refractivity contribution in [3.63, 3.8) is 0 Å². The number of nitrogens with two attached hydrogens (primary N) is 1. The smallest absolute Gasteiger partial charge is 0.413 e. The summed E-state index contributed by atoms with van der Waals surface area (Å²) in [7, 11) is -9.66. The van der Waals surface area contributed by atoms with Gasteiger partial charge in [-0.2, -0.15) is 5.10 Å². The molecule has 5 aromatic heterocycles. The molecule has 22 nitrogen and oxygen atoms in total. The van der Waals surface area contributed by atoms with Gasteiger partial charge in [0.2, 0.25) is 0 Å². The highest BCUT2D eigenvalue weighted by Gasteiger charge is 2.51. The van der Waals surface area contributed by atoms with E-state index in [2.05, 4.69) is 46.1 Å². The third-order valence-electron chi connectivity index (χ3n) is 7.69. The molecule has 2 fully saturated rings. The second kappa shape index (κ2) is 11.9. The number of phosphoric ester groups is 2. The first-order valence-corrected chi connectivity index (χ1v) is 16.8. The van der Waals surface area contributed by atoms with Gasteiger partial charge in [-0.3, -0.25) is 27.6 Å². The molecule has 2 aliphatic heterocycles. The van der Waals surface area contributed by atoms with Crippen molar-refractivity contribution in [1.29, 1.82) is 0 Å². The summed E-state index contributed by atoms with van der Waals surface area (Å²) in [6.45, 7) is 4.15. The molecule has 2 unspecified atom stereocenters. The summed E-state index contributed by atoms with van der Waals surface area (Å²) in [4.78, 5) is 45.9. The zero-order valence-corrected chi connectivity index (χ0v) is 26.0. The molecule has 0 aliphatic carbocycles. The van der Waals surface area contributed by atoms with Crippen molar-refractivity contribution in [1.82, 2.24) is 48.7 Å². The van der Waals surface area contributed by atoms with E-state index in [9.17, 15) is 24.0 Å². The maximum Gasteiger partial charge on any atom is 0.527 e. The molecule has 5 N–H and O–H groups in total. The van der Waals surface area contributed by atoms with Crippen molar-refractivity contribution in [2.24, 2.45) is 5.92 Å². The van der Waals surface area contributed by atoms with Crippen LogP contribution in [0.2, 0.25) is 0 Å². The zero-order valence-electron chi connectivity index (χ0n) is 24.2. The fourth-order valence-corrected chi connectivity index (χ4v) is 7.29. The average molecular weight is 695 g/mol. The minimum Gasteiger partial charge on any atom is -0.413 e. The minimum atomic E-state index is -4.84. The predicted octanol–water partition coefficient (Wildman–Crippen LogP) is 0.467. The van der Waals surface area contributed by atoms with Gasteiger partial charge in [-0.05, 0) is 0 Å². The summed E-state index contributed by atoms with van der Waals surface area (Å²) in [5.74, 6) is -0.310. The maximum atomic E-state index is 13.1. The number of aliphatic hydroxyl groups is 1. The fraction of sp³-hybridized carbons (Fsp3) is 0.435. The fourth-order valence-electron chi connectivity index (χ4n) is 5.49. The summed E-state index contributed by atoms with van der Waals surface area (Å²) < 4.78 is 62.3. The van der Waals surface area contributed by atoms with Gasteiger partial charge in [0, 0.05) is 5.92 Å². The number of nitrogen functional groups attached to an aromatic ring is 1. The Kier molecular flexibility index (Phi) is 8.03. The van der Waals surface area contributed by atoms with E-state index in [0.29, 0.717) is 28.6 Å². The first kappa shape index (κ1) is 31.6. The number of aliphatic hydroxyl groups excluding tert-OH is 1. The highest BCUT2D eigenvalue weighted by molar-refractivity contribution is 7.47. The summed E-state index contributed by atoms with van der Waals surface area (Å²) in [6.07, 6.45) is -0.164. The van der Waals surface area contributed by atoms with Gasteiger partial charge in [0.05, 0.1) is 38.2 Å². The molecule has 0 bridgehead atoms. The van der Waals surface area contributed by atoms with Crippen molar-refractivity contribution in [2.45, 2.75) is 43.8 Å². The van der Waals surface area contributed by atoms with E-state index < -0.39 is 65.0 Å². The molecule has 7 rings (SSSR count). The Labute approximate surface area is 262 Å². The Morgan fingerprint density at radius 3 is 2.49 bits per heavy atom. The molecule has 0 radical (unpaired) electrons. The number of hydrogen-bond acceptors (Lipinski definition) is 17. The molecule has 2 aliphatic rings. The van der Waals surface area contributed by atoms with Gasteiger partial charge in [0.15, 0.2) is 34.5 Å². The van der Waals surface area contributed by atoms with Gasteiger partial charge in [0.1, 0.15) is 49.0 Å². The maximum absolute atomic E-state index is 13.1. The van der Waals surface area contributed by atoms with Crippen molar-refractivity contribution in [3.05, 3.63) is 44.5 Å². The number of anilines is 1. The largest absolute Gasteiger partial charge is 0.527 e. The second-order valence-corrected chi connectivity index (χ2v) is 13.3. The SMILES string of the molecule is C=COP(=O)(O)O[C@H]1[C@@H](O)[C@H](n2cnc3c2ncn2ncnc32)O[C@@H]1COP(=O)(O)O[C@@H]1CO[C@@H](n2cnc3c(N)ncnc32)[C@@H]1C. The molecule has 7 heterocycles. The van der Waals surface area contributed by atoms with Crippen LogP contribution in [0.5, 0.6) is 0 Å². The lowest BCUT2D eigenvalue weighted by Crippen LogP contribution is -2.36. The standard InChI is InChI=1S/C23H27N11O11P2/c1-3-41-46(36,37)45-17-13(43-23(16(17)35)33-9-29-15-20(33)30-10-34-21(15)27-7-31-34)5-42-47(38,39)44-12-4-40-22(11(12)2)32-8-28-14-18(24)25-6-26-19(14)32/h3,6-13,16-17,22-23,35H,1,4-5H2,2H3,(H,36,37)(H,38,39)(H2,24,25,26)/t11-,12-,13-,16-,17-,22-,23-/m1/s1. The van der Waals surface area contributed by atoms with Crippen LogP contribution in [0.4, 0.5) is 5.82 Å². The van der Waals surface area contributed by atoms with Crippen LogP contribution in [0.3, 0.4) is 0 Å². The van der Waals surface area contributed by atoms with E-state index >= 15 is 0 Å². The molecule has 0 saturated carbocycles. The second-order valence-electron chi connectivity index (χ2n) is 10.5. The summed E-state index contributed by atoms with van der Waals surface area (Å²) in [5.41, 5.74) is 7.57. The number of hydrogen-bond donors (Lipinski definition) is 4. The Balaban J connectivity index is 1.08. The number of phosphoric acid groups is 2. The minimum absolute atomic E-state index is 0.0843. The van der Waals surface area contributed by atoms with Crippen LogP contribution in [0.25, 0.3) is 28.0 Å². The van der Waals surface area contributed by atoms with Crippen LogP contribution in [-0.4, -0.2) is 101 Å². The molecule has 47 heavy (non-hydrogen) atoms. The molecule has 5 aromatic rings. The summed E-state index contributed by atoms with van der Waals surface area (Å²) in [5, 5.41) is 15.2. The number of nitrogens with zero attached hydrogens (tertiary/aromatic N) is 10. The Hall–Kier alpha value is -3.95. The number of aromatic nitrogens is 10. The zero-order chi connectivity index (χ0) is 33.1. The number of imidazole rings is 2. The summed E-state index contributed by atoms with van der Waals surface area (Å²) >= 11 is 0. The van der Waals surface area contributed by atoms with E-state index in [-0.39, 0.29) is 18.1 Å². The third-order valence-corrected chi connectivity index (χ3v) is 9.63. The first-order chi connectivity index (χ1) is 22.5. The van der Waals surface area contributed by atoms with E-state index in [4.69, 9.17) is 28.8 Å². The molecular weight excluding hydrogens is 668 g/mol. The van der Waals surface area contributed by atoms with Gasteiger partial charge in [-0.1, -0.05) is 13.5 Å². The van der Waals surface area contributed by atoms with Crippen molar-refractivity contribution < 1.29 is 51.6 Å². The normalized spacial score (nSPS) is 29.0. The molecule has 2 saturated heterocycles. The van der Waals surface area contributed by atoms with Crippen molar-refractivity contribution >= 4 is 49.4 Å². The van der Waals surface area contributed by atoms with E-state index in [1.807, 2.05) is 0 Å². The van der Waals surface area contributed by atoms with Crippen molar-refractivity contribution in [2.75, 3.05) is 18.9 Å². The average Bonchev–Trinajstić information content (AvgIpc) is 3.84. The highest BCUT2D eigenvalue weighted by atomic mass is 31.2. The summed E-state index contributed by atoms with van der Waals surface area (Å²) in [6, 6.07) is 0. The highest BCUT2D eigenvalue weighted by Crippen LogP contribution is 2.52. The Bertz CT molecular complexity index is 2050. The molecule has 24 heteroatoms. The van der Waals surface area contributed by atoms with Crippen LogP contribution in [0.15, 0.2) is 44.5 Å². The van der Waals surface area contributed by atoms with E-state index in [1.54, 1.807) is 11.5 Å². The third kappa shape index (κ3) is 5.78. The van der Waals surface area contributed by atoms with E-state index in [0.717, 1.165) is 0 Å². The lowest BCUT2D eigenvalue weighted by molar-refractivity contribution is -0.0527. The van der Waals surface area contributed by atoms with Crippen LogP contribution >= 0.6 is 15.6 Å². The number of rotatable bonds is 11. The van der Waals surface area contributed by atoms with Gasteiger partial charge in [0.25, 0.3) is 0 Å². The van der Waals surface area contributed by atoms with Gasteiger partial charge in [-0.25, -0.2) is 43.5 Å². The van der Waals surface area contributed by atoms with Crippen LogP contribution in [0, 0.1) is 5.92 Å². The van der Waals surface area contributed by atoms with E-state index in [1.165, 1.54) is 40.7 Å². The topological polar surface area (TPSA) is 281 Å². The quantitative estimate of drug-likeness (QED) is 0.108. The van der Waals surface area contributed by atoms with Gasteiger partial charge in [-0.15, -0.1) is 0 Å².